The molecule has 0 bridgehead atoms. The summed E-state index contributed by atoms with van der Waals surface area (Å²) in [7, 11) is 0. The normalized spacial score (nSPS) is 26.5. The molecule has 0 atom stereocenters. The highest BCUT2D eigenvalue weighted by atomic mass is 32.2. The van der Waals surface area contributed by atoms with Gasteiger partial charge in [-0.1, -0.05) is 38.5 Å². The maximum Gasteiger partial charge on any atom is 0.319 e. The quantitative estimate of drug-likeness (QED) is 0.817. The Labute approximate surface area is 102 Å². The predicted octanol–water partition coefficient (Wildman–Crippen LogP) is 3.84. The van der Waals surface area contributed by atoms with E-state index in [1.165, 1.54) is 38.5 Å². The summed E-state index contributed by atoms with van der Waals surface area (Å²) >= 11 is 1.80. The van der Waals surface area contributed by atoms with E-state index in [1.807, 2.05) is 0 Å². The van der Waals surface area contributed by atoms with Crippen LogP contribution >= 0.6 is 11.8 Å². The fourth-order valence-corrected chi connectivity index (χ4v) is 4.84. The van der Waals surface area contributed by atoms with Crippen LogP contribution < -0.4 is 0 Å². The Kier molecular flexibility index (Phi) is 4.17. The van der Waals surface area contributed by atoms with E-state index < -0.39 is 10.7 Å². The van der Waals surface area contributed by atoms with Crippen molar-refractivity contribution in [1.82, 2.24) is 0 Å². The molecule has 3 heteroatoms. The van der Waals surface area contributed by atoms with E-state index in [4.69, 9.17) is 0 Å². The number of carbonyl (C=O) groups is 1. The third-order valence-electron chi connectivity index (χ3n) is 4.00. The number of hydrogen-bond donors (Lipinski definition) is 1. The van der Waals surface area contributed by atoms with Crippen molar-refractivity contribution in [2.75, 3.05) is 0 Å². The van der Waals surface area contributed by atoms with Crippen molar-refractivity contribution < 1.29 is 9.90 Å². The van der Waals surface area contributed by atoms with Crippen LogP contribution in [0.5, 0.6) is 0 Å². The van der Waals surface area contributed by atoms with Gasteiger partial charge in [0.05, 0.1) is 0 Å². The van der Waals surface area contributed by atoms with Crippen LogP contribution in [-0.2, 0) is 4.79 Å². The van der Waals surface area contributed by atoms with Crippen LogP contribution in [0.1, 0.15) is 64.2 Å². The molecule has 0 radical (unpaired) electrons. The molecule has 0 saturated heterocycles. The molecular formula is C13H22O2S. The average molecular weight is 242 g/mol. The highest BCUT2D eigenvalue weighted by Gasteiger charge is 2.42. The van der Waals surface area contributed by atoms with Crippen molar-refractivity contribution >= 4 is 17.7 Å². The summed E-state index contributed by atoms with van der Waals surface area (Å²) in [6, 6.07) is 0. The van der Waals surface area contributed by atoms with Crippen molar-refractivity contribution in [2.45, 2.75) is 74.2 Å². The van der Waals surface area contributed by atoms with Gasteiger partial charge >= 0.3 is 5.97 Å². The van der Waals surface area contributed by atoms with Gasteiger partial charge in [-0.2, -0.15) is 0 Å². The van der Waals surface area contributed by atoms with Crippen molar-refractivity contribution in [2.24, 2.45) is 0 Å². The zero-order valence-electron chi connectivity index (χ0n) is 9.91. The standard InChI is InChI=1S/C13H22O2S/c14-12(15)13(9-5-2-6-10-13)16-11-7-3-1-4-8-11/h11H,1-10H2,(H,14,15). The molecule has 0 unspecified atom stereocenters. The van der Waals surface area contributed by atoms with Crippen LogP contribution in [0.4, 0.5) is 0 Å². The topological polar surface area (TPSA) is 37.3 Å². The Balaban J connectivity index is 1.98. The van der Waals surface area contributed by atoms with E-state index in [1.54, 1.807) is 11.8 Å². The number of hydrogen-bond acceptors (Lipinski definition) is 2. The van der Waals surface area contributed by atoms with Crippen molar-refractivity contribution in [3.8, 4) is 0 Å². The number of carboxylic acid groups (broad SMARTS) is 1. The van der Waals surface area contributed by atoms with Gasteiger partial charge in [0.1, 0.15) is 4.75 Å². The Hall–Kier alpha value is -0.180. The molecule has 92 valence electrons. The smallest absolute Gasteiger partial charge is 0.319 e. The van der Waals surface area contributed by atoms with Crippen molar-refractivity contribution in [3.63, 3.8) is 0 Å². The molecule has 0 aromatic rings. The third-order valence-corrected chi connectivity index (χ3v) is 5.83. The molecule has 2 rings (SSSR count). The average Bonchev–Trinajstić information content (AvgIpc) is 2.31. The molecule has 0 amide bonds. The first-order valence-corrected chi connectivity index (χ1v) is 7.52. The van der Waals surface area contributed by atoms with Crippen molar-refractivity contribution in [3.05, 3.63) is 0 Å². The van der Waals surface area contributed by atoms with Gasteiger partial charge in [0.2, 0.25) is 0 Å². The molecule has 0 heterocycles. The minimum atomic E-state index is -0.553. The van der Waals surface area contributed by atoms with E-state index in [0.717, 1.165) is 25.7 Å². The van der Waals surface area contributed by atoms with Crippen LogP contribution in [0.2, 0.25) is 0 Å². The minimum absolute atomic E-state index is 0.430. The van der Waals surface area contributed by atoms with Gasteiger partial charge in [-0.05, 0) is 25.7 Å². The van der Waals surface area contributed by atoms with Gasteiger partial charge in [-0.3, -0.25) is 4.79 Å². The summed E-state index contributed by atoms with van der Waals surface area (Å²) in [5.41, 5.74) is 0. The molecule has 2 nitrogen and oxygen atoms in total. The largest absolute Gasteiger partial charge is 0.480 e. The molecule has 0 spiro atoms. The number of rotatable bonds is 3. The summed E-state index contributed by atoms with van der Waals surface area (Å²) in [6.07, 6.45) is 11.6. The molecule has 0 aromatic heterocycles. The third kappa shape index (κ3) is 2.73. The first kappa shape index (κ1) is 12.3. The maximum absolute atomic E-state index is 11.5. The fourth-order valence-electron chi connectivity index (χ4n) is 3.01. The van der Waals surface area contributed by atoms with Crippen LogP contribution in [0, 0.1) is 0 Å². The Bertz CT molecular complexity index is 240. The molecule has 2 aliphatic carbocycles. The molecule has 2 saturated carbocycles. The molecule has 1 N–H and O–H groups in total. The van der Waals surface area contributed by atoms with E-state index in [2.05, 4.69) is 0 Å². The zero-order valence-corrected chi connectivity index (χ0v) is 10.7. The Morgan fingerprint density at radius 3 is 2.12 bits per heavy atom. The summed E-state index contributed by atoms with van der Waals surface area (Å²) < 4.78 is -0.430. The number of thioether (sulfide) groups is 1. The number of carboxylic acids is 1. The minimum Gasteiger partial charge on any atom is -0.480 e. The van der Waals surface area contributed by atoms with E-state index in [-0.39, 0.29) is 0 Å². The van der Waals surface area contributed by atoms with Gasteiger partial charge in [0.15, 0.2) is 0 Å². The number of aliphatic carboxylic acids is 1. The van der Waals surface area contributed by atoms with Crippen molar-refractivity contribution in [1.29, 1.82) is 0 Å². The molecule has 2 fully saturated rings. The summed E-state index contributed by atoms with van der Waals surface area (Å²) in [4.78, 5) is 11.5. The van der Waals surface area contributed by atoms with Gasteiger partial charge in [0.25, 0.3) is 0 Å². The first-order valence-electron chi connectivity index (χ1n) is 6.64. The summed E-state index contributed by atoms with van der Waals surface area (Å²) in [5, 5.41) is 10.1. The zero-order chi connectivity index (χ0) is 11.4. The van der Waals surface area contributed by atoms with Gasteiger partial charge in [0, 0.05) is 5.25 Å². The monoisotopic (exact) mass is 242 g/mol. The van der Waals surface area contributed by atoms with Crippen LogP contribution in [0.15, 0.2) is 0 Å². The first-order chi connectivity index (χ1) is 7.73. The molecule has 0 aromatic carbocycles. The van der Waals surface area contributed by atoms with E-state index in [0.29, 0.717) is 5.25 Å². The Morgan fingerprint density at radius 1 is 1.00 bits per heavy atom. The lowest BCUT2D eigenvalue weighted by Gasteiger charge is -2.36. The molecule has 2 aliphatic rings. The second kappa shape index (κ2) is 5.44. The van der Waals surface area contributed by atoms with E-state index >= 15 is 0 Å². The summed E-state index contributed by atoms with van der Waals surface area (Å²) in [6.45, 7) is 0. The second-order valence-corrected chi connectivity index (χ2v) is 6.92. The SMILES string of the molecule is O=C(O)C1(SC2CCCCC2)CCCCC1. The fraction of sp³-hybridized carbons (Fsp3) is 0.923. The second-order valence-electron chi connectivity index (χ2n) is 5.24. The van der Waals surface area contributed by atoms with Crippen LogP contribution in [0.3, 0.4) is 0 Å². The lowest BCUT2D eigenvalue weighted by atomic mass is 9.88. The van der Waals surface area contributed by atoms with Crippen LogP contribution in [-0.4, -0.2) is 21.1 Å². The van der Waals surface area contributed by atoms with Gasteiger partial charge in [-0.25, -0.2) is 0 Å². The lowest BCUT2D eigenvalue weighted by molar-refractivity contribution is -0.140. The predicted molar refractivity (Wildman–Crippen MR) is 67.9 cm³/mol. The highest BCUT2D eigenvalue weighted by molar-refractivity contribution is 8.02. The molecule has 0 aliphatic heterocycles. The van der Waals surface area contributed by atoms with Gasteiger partial charge < -0.3 is 5.11 Å². The maximum atomic E-state index is 11.5. The van der Waals surface area contributed by atoms with Crippen LogP contribution in [0.25, 0.3) is 0 Å². The lowest BCUT2D eigenvalue weighted by Crippen LogP contribution is -2.39. The van der Waals surface area contributed by atoms with E-state index in [9.17, 15) is 9.90 Å². The molecule has 16 heavy (non-hydrogen) atoms. The Morgan fingerprint density at radius 2 is 1.56 bits per heavy atom. The molecular weight excluding hydrogens is 220 g/mol. The summed E-state index contributed by atoms with van der Waals surface area (Å²) in [5.74, 6) is -0.553. The van der Waals surface area contributed by atoms with Gasteiger partial charge in [-0.15, -0.1) is 11.8 Å². The highest BCUT2D eigenvalue weighted by Crippen LogP contribution is 2.45.